The van der Waals surface area contributed by atoms with Crippen LogP contribution in [0.4, 0.5) is 5.82 Å². The zero-order valence-corrected chi connectivity index (χ0v) is 17.1. The van der Waals surface area contributed by atoms with Gasteiger partial charge in [-0.15, -0.1) is 0 Å². The summed E-state index contributed by atoms with van der Waals surface area (Å²) >= 11 is 0. The first kappa shape index (κ1) is 21.6. The molecule has 1 aliphatic rings. The summed E-state index contributed by atoms with van der Waals surface area (Å²) in [6.45, 7) is 1.26. The topological polar surface area (TPSA) is 91.3 Å². The van der Waals surface area contributed by atoms with E-state index in [0.717, 1.165) is 42.8 Å². The molecule has 6 nitrogen and oxygen atoms in total. The Balaban J connectivity index is 1.41. The lowest BCUT2D eigenvalue weighted by atomic mass is 9.88. The number of carbonyl (C=O) groups is 2. The molecule has 0 saturated carbocycles. The lowest BCUT2D eigenvalue weighted by Crippen LogP contribution is -2.26. The van der Waals surface area contributed by atoms with E-state index in [-0.39, 0.29) is 18.2 Å². The van der Waals surface area contributed by atoms with E-state index >= 15 is 0 Å². The number of aromatic nitrogens is 1. The van der Waals surface area contributed by atoms with Gasteiger partial charge in [0.05, 0.1) is 6.42 Å². The number of carboxylic acid groups (broad SMARTS) is 1. The summed E-state index contributed by atoms with van der Waals surface area (Å²) in [5.41, 5.74) is 3.38. The van der Waals surface area contributed by atoms with Crippen LogP contribution in [0.1, 0.15) is 49.1 Å². The number of hydrogen-bond acceptors (Lipinski definition) is 4. The number of anilines is 1. The highest BCUT2D eigenvalue weighted by Crippen LogP contribution is 2.33. The minimum atomic E-state index is -0.792. The van der Waals surface area contributed by atoms with Gasteiger partial charge in [-0.3, -0.25) is 9.59 Å². The molecule has 1 aromatic carbocycles. The number of rotatable bonds is 10. The molecule has 158 valence electrons. The van der Waals surface area contributed by atoms with E-state index < -0.39 is 5.97 Å². The Hall–Kier alpha value is -3.15. The number of nitrogens with one attached hydrogen (secondary N) is 2. The number of carboxylic acids is 1. The Kier molecular flexibility index (Phi) is 8.01. The highest BCUT2D eigenvalue weighted by Gasteiger charge is 2.22. The Morgan fingerprint density at radius 1 is 1.10 bits per heavy atom. The van der Waals surface area contributed by atoms with Crippen LogP contribution in [0.25, 0.3) is 0 Å². The molecule has 1 aromatic heterocycles. The molecule has 0 bridgehead atoms. The van der Waals surface area contributed by atoms with Gasteiger partial charge in [-0.05, 0) is 54.9 Å². The molecule has 3 rings (SSSR count). The molecule has 1 aliphatic carbocycles. The number of carbonyl (C=O) groups excluding carboxylic acids is 1. The van der Waals surface area contributed by atoms with Gasteiger partial charge in [0.25, 0.3) is 0 Å². The van der Waals surface area contributed by atoms with Crippen LogP contribution in [-0.2, 0) is 16.0 Å². The fourth-order valence-electron chi connectivity index (χ4n) is 3.81. The van der Waals surface area contributed by atoms with Gasteiger partial charge in [-0.1, -0.05) is 42.0 Å². The monoisotopic (exact) mass is 407 g/mol. The fraction of sp³-hybridized carbons (Fsp3) is 0.375. The van der Waals surface area contributed by atoms with Gasteiger partial charge < -0.3 is 15.7 Å². The second-order valence-corrected chi connectivity index (χ2v) is 7.64. The van der Waals surface area contributed by atoms with Crippen LogP contribution in [0.5, 0.6) is 0 Å². The van der Waals surface area contributed by atoms with Crippen LogP contribution < -0.4 is 10.6 Å². The molecule has 30 heavy (non-hydrogen) atoms. The van der Waals surface area contributed by atoms with Crippen molar-refractivity contribution >= 4 is 17.7 Å². The van der Waals surface area contributed by atoms with Crippen LogP contribution in [-0.4, -0.2) is 35.1 Å². The van der Waals surface area contributed by atoms with Crippen molar-refractivity contribution < 1.29 is 14.7 Å². The van der Waals surface area contributed by atoms with Crippen molar-refractivity contribution in [1.82, 2.24) is 10.3 Å². The fourth-order valence-corrected chi connectivity index (χ4v) is 3.81. The number of benzene rings is 1. The number of hydrogen-bond donors (Lipinski definition) is 3. The Labute approximate surface area is 177 Å². The quantitative estimate of drug-likeness (QED) is 0.410. The third kappa shape index (κ3) is 6.72. The van der Waals surface area contributed by atoms with Gasteiger partial charge in [0.15, 0.2) is 0 Å². The number of aliphatic carboxylic acids is 1. The third-order valence-electron chi connectivity index (χ3n) is 5.35. The highest BCUT2D eigenvalue weighted by atomic mass is 16.4. The summed E-state index contributed by atoms with van der Waals surface area (Å²) < 4.78 is 0. The first-order valence-corrected chi connectivity index (χ1v) is 10.5. The van der Waals surface area contributed by atoms with Crippen LogP contribution in [0, 0.1) is 0 Å². The van der Waals surface area contributed by atoms with E-state index in [9.17, 15) is 14.7 Å². The van der Waals surface area contributed by atoms with E-state index in [1.807, 2.05) is 36.4 Å². The number of pyridine rings is 1. The van der Waals surface area contributed by atoms with Gasteiger partial charge in [0.2, 0.25) is 5.91 Å². The number of nitrogens with zero attached hydrogens (tertiary/aromatic N) is 1. The molecule has 0 radical (unpaired) electrons. The maximum Gasteiger partial charge on any atom is 0.303 e. The number of allylic oxidation sites excluding steroid dienone is 1. The number of amides is 1. The maximum atomic E-state index is 12.2. The van der Waals surface area contributed by atoms with Gasteiger partial charge in [0.1, 0.15) is 5.82 Å². The molecule has 0 spiro atoms. The minimum absolute atomic E-state index is 0.0327. The molecular formula is C24H29N3O3. The molecule has 0 saturated heterocycles. The standard InChI is InChI=1S/C24H29N3O3/c28-23(10-4-6-14-26-22-9-3-5-13-25-22)27-17-18-11-12-19-7-1-2-8-21(19)20(15-18)16-24(29)30/h1-3,5,7-9,11,13,20H,4,6,10,12,14-17H2,(H,25,26)(H,27,28)(H,29,30). The van der Waals surface area contributed by atoms with Crippen LogP contribution in [0.3, 0.4) is 0 Å². The predicted octanol–water partition coefficient (Wildman–Crippen LogP) is 3.91. The Morgan fingerprint density at radius 2 is 1.93 bits per heavy atom. The molecule has 2 aromatic rings. The van der Waals surface area contributed by atoms with E-state index in [4.69, 9.17) is 0 Å². The van der Waals surface area contributed by atoms with Crippen molar-refractivity contribution in [3.63, 3.8) is 0 Å². The SMILES string of the molecule is O=C(O)CC1CC(CNC(=O)CCCCNc2ccccn2)=CCc2ccccc21. The van der Waals surface area contributed by atoms with Crippen LogP contribution in [0.2, 0.25) is 0 Å². The van der Waals surface area contributed by atoms with Crippen molar-refractivity contribution in [2.75, 3.05) is 18.4 Å². The molecule has 3 N–H and O–H groups in total. The van der Waals surface area contributed by atoms with Crippen molar-refractivity contribution in [3.8, 4) is 0 Å². The molecular weight excluding hydrogens is 378 g/mol. The smallest absolute Gasteiger partial charge is 0.303 e. The van der Waals surface area contributed by atoms with E-state index in [2.05, 4.69) is 27.8 Å². The molecule has 0 fully saturated rings. The summed E-state index contributed by atoms with van der Waals surface area (Å²) in [5.74, 6) is 0.0332. The normalized spacial score (nSPS) is 15.5. The van der Waals surface area contributed by atoms with Crippen LogP contribution >= 0.6 is 0 Å². The lowest BCUT2D eigenvalue weighted by molar-refractivity contribution is -0.137. The Bertz CT molecular complexity index is 880. The average Bonchev–Trinajstić information content (AvgIpc) is 2.92. The molecule has 1 heterocycles. The minimum Gasteiger partial charge on any atom is -0.481 e. The van der Waals surface area contributed by atoms with Crippen molar-refractivity contribution in [2.24, 2.45) is 0 Å². The Morgan fingerprint density at radius 3 is 2.73 bits per heavy atom. The number of unbranched alkanes of at least 4 members (excludes halogenated alkanes) is 1. The van der Waals surface area contributed by atoms with Gasteiger partial charge in [0, 0.05) is 25.7 Å². The highest BCUT2D eigenvalue weighted by molar-refractivity contribution is 5.76. The second kappa shape index (κ2) is 11.1. The summed E-state index contributed by atoms with van der Waals surface area (Å²) in [6, 6.07) is 13.8. The van der Waals surface area contributed by atoms with Gasteiger partial charge in [-0.25, -0.2) is 4.98 Å². The van der Waals surface area contributed by atoms with E-state index in [1.165, 1.54) is 5.56 Å². The first-order chi connectivity index (χ1) is 14.6. The molecule has 1 unspecified atom stereocenters. The molecule has 0 aliphatic heterocycles. The third-order valence-corrected chi connectivity index (χ3v) is 5.35. The van der Waals surface area contributed by atoms with Gasteiger partial charge in [-0.2, -0.15) is 0 Å². The van der Waals surface area contributed by atoms with Gasteiger partial charge >= 0.3 is 5.97 Å². The maximum absolute atomic E-state index is 12.2. The summed E-state index contributed by atoms with van der Waals surface area (Å²) in [6.07, 6.45) is 7.60. The van der Waals surface area contributed by atoms with Crippen molar-refractivity contribution in [1.29, 1.82) is 0 Å². The van der Waals surface area contributed by atoms with Crippen LogP contribution in [0.15, 0.2) is 60.3 Å². The second-order valence-electron chi connectivity index (χ2n) is 7.64. The summed E-state index contributed by atoms with van der Waals surface area (Å²) in [5, 5.41) is 15.5. The zero-order valence-electron chi connectivity index (χ0n) is 17.1. The van der Waals surface area contributed by atoms with Crippen molar-refractivity contribution in [2.45, 2.75) is 44.4 Å². The average molecular weight is 408 g/mol. The molecule has 1 atom stereocenters. The summed E-state index contributed by atoms with van der Waals surface area (Å²) in [4.78, 5) is 27.7. The molecule has 6 heteroatoms. The van der Waals surface area contributed by atoms with Crippen molar-refractivity contribution in [3.05, 3.63) is 71.4 Å². The zero-order chi connectivity index (χ0) is 21.2. The van der Waals surface area contributed by atoms with E-state index in [0.29, 0.717) is 19.4 Å². The largest absolute Gasteiger partial charge is 0.481 e. The first-order valence-electron chi connectivity index (χ1n) is 10.5. The van der Waals surface area contributed by atoms with E-state index in [1.54, 1.807) is 6.20 Å². The number of fused-ring (bicyclic) bond motifs is 1. The lowest BCUT2D eigenvalue weighted by Gasteiger charge is -2.17. The molecule has 1 amide bonds. The predicted molar refractivity (Wildman–Crippen MR) is 117 cm³/mol. The summed E-state index contributed by atoms with van der Waals surface area (Å²) in [7, 11) is 0.